The molecule has 1 atom stereocenters. The second kappa shape index (κ2) is 7.08. The quantitative estimate of drug-likeness (QED) is 0.816. The smallest absolute Gasteiger partial charge is 0.317 e. The van der Waals surface area contributed by atoms with Gasteiger partial charge in [-0.1, -0.05) is 6.92 Å². The Kier molecular flexibility index (Phi) is 6.01. The molecular weight excluding hydrogens is 344 g/mol. The lowest BCUT2D eigenvalue weighted by atomic mass is 9.88. The third-order valence-corrected chi connectivity index (χ3v) is 4.87. The van der Waals surface area contributed by atoms with Gasteiger partial charge in [0.25, 0.3) is 0 Å². The number of carboxylic acids is 1. The monoisotopic (exact) mass is 362 g/mol. The van der Waals surface area contributed by atoms with Gasteiger partial charge in [0, 0.05) is 20.1 Å². The maximum atomic E-state index is 12.0. The van der Waals surface area contributed by atoms with Crippen LogP contribution in [0.5, 0.6) is 0 Å². The average Bonchev–Trinajstić information content (AvgIpc) is 2.80. The van der Waals surface area contributed by atoms with E-state index in [4.69, 9.17) is 5.11 Å². The van der Waals surface area contributed by atoms with Gasteiger partial charge in [-0.2, -0.15) is 0 Å². The third kappa shape index (κ3) is 4.49. The highest BCUT2D eigenvalue weighted by molar-refractivity contribution is 9.11. The van der Waals surface area contributed by atoms with Crippen molar-refractivity contribution in [1.29, 1.82) is 0 Å². The lowest BCUT2D eigenvalue weighted by Gasteiger charge is -2.25. The van der Waals surface area contributed by atoms with Crippen LogP contribution < -0.4 is 5.32 Å². The Labute approximate surface area is 131 Å². The van der Waals surface area contributed by atoms with Gasteiger partial charge in [-0.15, -0.1) is 11.3 Å². The summed E-state index contributed by atoms with van der Waals surface area (Å²) in [5.74, 6) is -0.898. The lowest BCUT2D eigenvalue weighted by Crippen LogP contribution is -2.45. The van der Waals surface area contributed by atoms with Gasteiger partial charge < -0.3 is 15.3 Å². The van der Waals surface area contributed by atoms with E-state index in [9.17, 15) is 9.59 Å². The summed E-state index contributed by atoms with van der Waals surface area (Å²) in [6.45, 7) is 4.04. The predicted octanol–water partition coefficient (Wildman–Crippen LogP) is 3.15. The lowest BCUT2D eigenvalue weighted by molar-refractivity contribution is -0.147. The Morgan fingerprint density at radius 3 is 2.65 bits per heavy atom. The van der Waals surface area contributed by atoms with Gasteiger partial charge in [-0.25, -0.2) is 4.79 Å². The zero-order chi connectivity index (χ0) is 15.3. The summed E-state index contributed by atoms with van der Waals surface area (Å²) in [6.07, 6.45) is 0.462. The number of hydrogen-bond donors (Lipinski definition) is 2. The number of hydrogen-bond acceptors (Lipinski definition) is 3. The number of nitrogens with one attached hydrogen (secondary N) is 1. The van der Waals surface area contributed by atoms with Gasteiger partial charge in [0.05, 0.1) is 9.20 Å². The molecule has 1 unspecified atom stereocenters. The molecule has 0 aliphatic carbocycles. The first-order valence-corrected chi connectivity index (χ1v) is 7.91. The van der Waals surface area contributed by atoms with Crippen molar-refractivity contribution in [2.75, 3.05) is 13.6 Å². The van der Waals surface area contributed by atoms with Crippen molar-refractivity contribution < 1.29 is 14.7 Å². The van der Waals surface area contributed by atoms with E-state index in [2.05, 4.69) is 21.2 Å². The molecule has 0 fully saturated rings. The first kappa shape index (κ1) is 17.0. The summed E-state index contributed by atoms with van der Waals surface area (Å²) < 4.78 is 1.02. The molecule has 1 heterocycles. The minimum absolute atomic E-state index is 0.120. The van der Waals surface area contributed by atoms with Crippen molar-refractivity contribution in [2.24, 2.45) is 5.41 Å². The zero-order valence-corrected chi connectivity index (χ0v) is 14.2. The normalized spacial score (nSPS) is 13.6. The molecule has 1 aromatic heterocycles. The third-order valence-electron chi connectivity index (χ3n) is 3.31. The van der Waals surface area contributed by atoms with Crippen LogP contribution >= 0.6 is 27.3 Å². The summed E-state index contributed by atoms with van der Waals surface area (Å²) in [5.41, 5.74) is 0.109. The molecule has 5 nitrogen and oxygen atoms in total. The molecule has 0 aliphatic heterocycles. The number of carboxylic acid groups (broad SMARTS) is 1. The molecule has 0 bridgehead atoms. The summed E-state index contributed by atoms with van der Waals surface area (Å²) in [4.78, 5) is 24.6. The Morgan fingerprint density at radius 2 is 2.20 bits per heavy atom. The molecule has 0 aliphatic rings. The van der Waals surface area contributed by atoms with E-state index in [-0.39, 0.29) is 12.6 Å². The van der Waals surface area contributed by atoms with Gasteiger partial charge in [0.1, 0.15) is 0 Å². The van der Waals surface area contributed by atoms with E-state index in [0.29, 0.717) is 13.0 Å². The second-order valence-electron chi connectivity index (χ2n) is 4.99. The van der Waals surface area contributed by atoms with Crippen LogP contribution in [-0.2, 0) is 11.3 Å². The molecule has 112 valence electrons. The molecule has 1 aromatic rings. The number of nitrogens with zero attached hydrogens (tertiary/aromatic N) is 1. The fraction of sp³-hybridized carbons (Fsp3) is 0.538. The molecular formula is C13H19BrN2O3S. The summed E-state index contributed by atoms with van der Waals surface area (Å²) in [7, 11) is 1.69. The minimum Gasteiger partial charge on any atom is -0.481 e. The molecule has 2 amide bonds. The molecule has 0 spiro atoms. The van der Waals surface area contributed by atoms with Crippen molar-refractivity contribution in [3.8, 4) is 0 Å². The Morgan fingerprint density at radius 1 is 1.55 bits per heavy atom. The number of halogens is 1. The van der Waals surface area contributed by atoms with E-state index >= 15 is 0 Å². The van der Waals surface area contributed by atoms with Crippen molar-refractivity contribution in [3.05, 3.63) is 20.8 Å². The zero-order valence-electron chi connectivity index (χ0n) is 11.8. The first-order chi connectivity index (χ1) is 9.28. The fourth-order valence-corrected chi connectivity index (χ4v) is 2.73. The van der Waals surface area contributed by atoms with Crippen molar-refractivity contribution in [2.45, 2.75) is 26.8 Å². The van der Waals surface area contributed by atoms with Crippen LogP contribution in [0.2, 0.25) is 0 Å². The van der Waals surface area contributed by atoms with Gasteiger partial charge in [-0.3, -0.25) is 4.79 Å². The van der Waals surface area contributed by atoms with Gasteiger partial charge in [0.15, 0.2) is 0 Å². The highest BCUT2D eigenvalue weighted by atomic mass is 79.9. The molecule has 7 heteroatoms. The SMILES string of the molecule is CCC(C)(CNC(=O)N(C)Cc1csc(Br)c1)C(=O)O. The molecule has 1 rings (SSSR count). The van der Waals surface area contributed by atoms with Crippen LogP contribution in [0.15, 0.2) is 15.2 Å². The van der Waals surface area contributed by atoms with Gasteiger partial charge in [0.2, 0.25) is 0 Å². The predicted molar refractivity (Wildman–Crippen MR) is 82.9 cm³/mol. The van der Waals surface area contributed by atoms with Gasteiger partial charge in [-0.05, 0) is 46.3 Å². The maximum Gasteiger partial charge on any atom is 0.317 e. The summed E-state index contributed by atoms with van der Waals surface area (Å²) in [5, 5.41) is 13.8. The molecule has 2 N–H and O–H groups in total. The average molecular weight is 363 g/mol. The summed E-state index contributed by atoms with van der Waals surface area (Å²) in [6, 6.07) is 1.69. The number of aliphatic carboxylic acids is 1. The van der Waals surface area contributed by atoms with Crippen molar-refractivity contribution >= 4 is 39.3 Å². The van der Waals surface area contributed by atoms with Crippen LogP contribution in [0.4, 0.5) is 4.79 Å². The van der Waals surface area contributed by atoms with Crippen LogP contribution in [0.3, 0.4) is 0 Å². The van der Waals surface area contributed by atoms with Crippen molar-refractivity contribution in [1.82, 2.24) is 10.2 Å². The minimum atomic E-state index is -0.929. The van der Waals surface area contributed by atoms with E-state index in [0.717, 1.165) is 9.35 Å². The Hall–Kier alpha value is -1.08. The molecule has 0 aromatic carbocycles. The number of amides is 2. The first-order valence-electron chi connectivity index (χ1n) is 6.24. The number of urea groups is 1. The number of carbonyl (C=O) groups excluding carboxylic acids is 1. The summed E-state index contributed by atoms with van der Waals surface area (Å²) >= 11 is 4.94. The van der Waals surface area contributed by atoms with E-state index < -0.39 is 11.4 Å². The fourth-order valence-electron chi connectivity index (χ4n) is 1.53. The van der Waals surface area contributed by atoms with Crippen LogP contribution in [-0.4, -0.2) is 35.6 Å². The molecule has 0 saturated carbocycles. The largest absolute Gasteiger partial charge is 0.481 e. The number of carbonyl (C=O) groups is 2. The highest BCUT2D eigenvalue weighted by Gasteiger charge is 2.31. The Bertz CT molecular complexity index is 492. The molecule has 20 heavy (non-hydrogen) atoms. The van der Waals surface area contributed by atoms with Crippen LogP contribution in [0.25, 0.3) is 0 Å². The number of thiophene rings is 1. The maximum absolute atomic E-state index is 12.0. The van der Waals surface area contributed by atoms with Crippen LogP contribution in [0.1, 0.15) is 25.8 Å². The van der Waals surface area contributed by atoms with E-state index in [1.165, 1.54) is 4.90 Å². The number of rotatable bonds is 6. The van der Waals surface area contributed by atoms with Gasteiger partial charge >= 0.3 is 12.0 Å². The van der Waals surface area contributed by atoms with Crippen molar-refractivity contribution in [3.63, 3.8) is 0 Å². The molecule has 0 saturated heterocycles. The Balaban J connectivity index is 2.52. The topological polar surface area (TPSA) is 69.6 Å². The highest BCUT2D eigenvalue weighted by Crippen LogP contribution is 2.22. The standard InChI is InChI=1S/C13H19BrN2O3S/c1-4-13(2,11(17)18)8-15-12(19)16(3)6-9-5-10(14)20-7-9/h5,7H,4,6,8H2,1-3H3,(H,15,19)(H,17,18). The van der Waals surface area contributed by atoms with E-state index in [1.54, 1.807) is 32.2 Å². The van der Waals surface area contributed by atoms with E-state index in [1.807, 2.05) is 11.4 Å². The van der Waals surface area contributed by atoms with Crippen LogP contribution in [0, 0.1) is 5.41 Å². The second-order valence-corrected chi connectivity index (χ2v) is 7.28. The molecule has 0 radical (unpaired) electrons.